The third kappa shape index (κ3) is 7.72. The Morgan fingerprint density at radius 2 is 2.00 bits per heavy atom. The smallest absolute Gasteiger partial charge is 0.293 e. The van der Waals surface area contributed by atoms with Crippen LogP contribution in [0.1, 0.15) is 19.5 Å². The molecule has 0 unspecified atom stereocenters. The van der Waals surface area contributed by atoms with Gasteiger partial charge in [0.15, 0.2) is 0 Å². The van der Waals surface area contributed by atoms with Crippen LogP contribution in [0, 0.1) is 6.58 Å². The molecule has 0 aliphatic rings. The molecule has 0 N–H and O–H groups in total. The summed E-state index contributed by atoms with van der Waals surface area (Å²) in [6.07, 6.45) is 6.83. The monoisotopic (exact) mass is 267 g/mol. The van der Waals surface area contributed by atoms with Gasteiger partial charge in [-0.15, -0.1) is 6.08 Å². The number of nitrogens with zero attached hydrogens (tertiary/aromatic N) is 1. The number of hydrogen-bond acceptors (Lipinski definition) is 1. The molecule has 0 bridgehead atoms. The Labute approximate surface area is 96.1 Å². The van der Waals surface area contributed by atoms with Crippen molar-refractivity contribution in [2.75, 3.05) is 0 Å². The summed E-state index contributed by atoms with van der Waals surface area (Å²) in [5.41, 5.74) is 0.921. The fourth-order valence-corrected chi connectivity index (χ4v) is 0.629. The second-order valence-corrected chi connectivity index (χ2v) is 1.81. The summed E-state index contributed by atoms with van der Waals surface area (Å²) in [7, 11) is 0. The Balaban J connectivity index is 0. The number of hydrogen-bond donors (Lipinski definition) is 0. The SMILES string of the molecule is CC.[Ag+].[CH-]=C/C=C\c1ccccn1. The van der Waals surface area contributed by atoms with E-state index in [0.717, 1.165) is 5.69 Å². The maximum absolute atomic E-state index is 5.14. The van der Waals surface area contributed by atoms with Crippen LogP contribution in [-0.2, 0) is 22.4 Å². The van der Waals surface area contributed by atoms with Crippen LogP contribution in [0.2, 0.25) is 0 Å². The molecule has 1 rings (SSSR count). The zero-order valence-electron chi connectivity index (χ0n) is 7.87. The average molecular weight is 268 g/mol. The molecule has 0 amide bonds. The van der Waals surface area contributed by atoms with Crippen molar-refractivity contribution in [2.24, 2.45) is 0 Å². The van der Waals surface area contributed by atoms with Crippen LogP contribution >= 0.6 is 0 Å². The van der Waals surface area contributed by atoms with Gasteiger partial charge in [0.25, 0.3) is 0 Å². The van der Waals surface area contributed by atoms with E-state index < -0.39 is 0 Å². The molecule has 2 heteroatoms. The summed E-state index contributed by atoms with van der Waals surface area (Å²) < 4.78 is 0. The van der Waals surface area contributed by atoms with Crippen molar-refractivity contribution in [2.45, 2.75) is 13.8 Å². The minimum absolute atomic E-state index is 0. The van der Waals surface area contributed by atoms with E-state index in [0.29, 0.717) is 0 Å². The minimum Gasteiger partial charge on any atom is -0.293 e. The summed E-state index contributed by atoms with van der Waals surface area (Å²) in [5.74, 6) is 0. The quantitative estimate of drug-likeness (QED) is 0.456. The van der Waals surface area contributed by atoms with Crippen LogP contribution in [0.15, 0.2) is 36.5 Å². The third-order valence-corrected chi connectivity index (χ3v) is 1.07. The molecule has 0 saturated carbocycles. The first-order chi connectivity index (χ1) is 5.93. The number of aromatic nitrogens is 1. The number of allylic oxidation sites excluding steroid dienone is 2. The molecule has 0 radical (unpaired) electrons. The predicted octanol–water partition coefficient (Wildman–Crippen LogP) is 3.11. The summed E-state index contributed by atoms with van der Waals surface area (Å²) in [5, 5.41) is 0. The number of rotatable bonds is 2. The van der Waals surface area contributed by atoms with Gasteiger partial charge in [0.2, 0.25) is 0 Å². The van der Waals surface area contributed by atoms with E-state index >= 15 is 0 Å². The first-order valence-corrected chi connectivity index (χ1v) is 4.06. The van der Waals surface area contributed by atoms with Crippen LogP contribution in [0.5, 0.6) is 0 Å². The largest absolute Gasteiger partial charge is 1.00 e. The van der Waals surface area contributed by atoms with Gasteiger partial charge in [0.05, 0.1) is 0 Å². The van der Waals surface area contributed by atoms with Crippen LogP contribution in [0.25, 0.3) is 6.08 Å². The molecule has 0 aliphatic carbocycles. The second-order valence-electron chi connectivity index (χ2n) is 1.81. The Hall–Kier alpha value is -0.630. The maximum atomic E-state index is 5.14. The van der Waals surface area contributed by atoms with Crippen molar-refractivity contribution < 1.29 is 22.4 Å². The van der Waals surface area contributed by atoms with E-state index in [9.17, 15) is 0 Å². The van der Waals surface area contributed by atoms with Crippen molar-refractivity contribution >= 4 is 6.08 Å². The van der Waals surface area contributed by atoms with Gasteiger partial charge in [-0.05, 0) is 12.1 Å². The standard InChI is InChI=1S/C9H8N.C2H6.Ag/c1-2-3-6-9-7-4-5-8-10-9;1-2;/h1-8H;1-2H3;/q-1;;+1/b6-3-;;. The second kappa shape index (κ2) is 11.4. The van der Waals surface area contributed by atoms with E-state index in [4.69, 9.17) is 6.58 Å². The van der Waals surface area contributed by atoms with Crippen LogP contribution in [-0.4, -0.2) is 4.98 Å². The molecule has 0 aromatic carbocycles. The van der Waals surface area contributed by atoms with Gasteiger partial charge in [-0.2, -0.15) is 0 Å². The molecule has 0 atom stereocenters. The van der Waals surface area contributed by atoms with E-state index in [1.54, 1.807) is 12.3 Å². The molecule has 0 spiro atoms. The summed E-state index contributed by atoms with van der Waals surface area (Å²) in [6.45, 7) is 9.14. The van der Waals surface area contributed by atoms with Gasteiger partial charge in [-0.25, -0.2) is 12.2 Å². The summed E-state index contributed by atoms with van der Waals surface area (Å²) in [4.78, 5) is 4.05. The van der Waals surface area contributed by atoms with E-state index in [2.05, 4.69) is 4.98 Å². The molecular formula is C11H14AgN. The molecule has 0 fully saturated rings. The Kier molecular flexibility index (Phi) is 13.0. The van der Waals surface area contributed by atoms with Crippen molar-refractivity contribution in [3.05, 3.63) is 48.8 Å². The minimum atomic E-state index is 0. The molecule has 0 aliphatic heterocycles. The Bertz CT molecular complexity index is 229. The van der Waals surface area contributed by atoms with Crippen LogP contribution in [0.3, 0.4) is 0 Å². The van der Waals surface area contributed by atoms with E-state index in [1.807, 2.05) is 38.1 Å². The molecule has 1 nitrogen and oxygen atoms in total. The molecule has 0 saturated heterocycles. The Morgan fingerprint density at radius 3 is 2.46 bits per heavy atom. The Morgan fingerprint density at radius 1 is 1.31 bits per heavy atom. The van der Waals surface area contributed by atoms with Gasteiger partial charge >= 0.3 is 22.4 Å². The van der Waals surface area contributed by atoms with E-state index in [1.165, 1.54) is 6.08 Å². The van der Waals surface area contributed by atoms with Gasteiger partial charge in [0, 0.05) is 11.9 Å². The van der Waals surface area contributed by atoms with Crippen molar-refractivity contribution in [1.82, 2.24) is 4.98 Å². The van der Waals surface area contributed by atoms with Gasteiger partial charge in [-0.1, -0.05) is 19.9 Å². The molecule has 13 heavy (non-hydrogen) atoms. The molecular weight excluding hydrogens is 254 g/mol. The normalized spacial score (nSPS) is 8.15. The van der Waals surface area contributed by atoms with Gasteiger partial charge in [-0.3, -0.25) is 11.6 Å². The fourth-order valence-electron chi connectivity index (χ4n) is 0.629. The maximum Gasteiger partial charge on any atom is 1.00 e. The number of pyridine rings is 1. The summed E-state index contributed by atoms with van der Waals surface area (Å²) >= 11 is 0. The molecule has 1 aromatic heterocycles. The van der Waals surface area contributed by atoms with Crippen LogP contribution in [0.4, 0.5) is 0 Å². The van der Waals surface area contributed by atoms with E-state index in [-0.39, 0.29) is 22.4 Å². The van der Waals surface area contributed by atoms with Crippen molar-refractivity contribution in [1.29, 1.82) is 0 Å². The molecule has 1 heterocycles. The predicted molar refractivity (Wildman–Crippen MR) is 53.5 cm³/mol. The van der Waals surface area contributed by atoms with Crippen molar-refractivity contribution in [3.63, 3.8) is 0 Å². The topological polar surface area (TPSA) is 12.9 Å². The third-order valence-electron chi connectivity index (χ3n) is 1.07. The zero-order valence-corrected chi connectivity index (χ0v) is 9.35. The first kappa shape index (κ1) is 14.9. The van der Waals surface area contributed by atoms with Gasteiger partial charge in [0.1, 0.15) is 0 Å². The zero-order chi connectivity index (χ0) is 9.23. The average Bonchev–Trinajstić information content (AvgIpc) is 2.19. The molecule has 1 aromatic rings. The summed E-state index contributed by atoms with van der Waals surface area (Å²) in [6, 6.07) is 5.73. The fraction of sp³-hybridized carbons (Fsp3) is 0.182. The first-order valence-electron chi connectivity index (χ1n) is 4.06. The molecule has 74 valence electrons. The van der Waals surface area contributed by atoms with Crippen LogP contribution < -0.4 is 0 Å². The van der Waals surface area contributed by atoms with Gasteiger partial charge < -0.3 is 0 Å². The van der Waals surface area contributed by atoms with Crippen molar-refractivity contribution in [3.8, 4) is 0 Å².